The summed E-state index contributed by atoms with van der Waals surface area (Å²) in [5, 5.41) is 25.8. The van der Waals surface area contributed by atoms with Crippen molar-refractivity contribution in [2.24, 2.45) is 5.41 Å². The summed E-state index contributed by atoms with van der Waals surface area (Å²) >= 11 is 0. The summed E-state index contributed by atoms with van der Waals surface area (Å²) in [4.78, 5) is 30.1. The number of aliphatic hydroxyl groups is 2. The average Bonchev–Trinajstić information content (AvgIpc) is 3.47. The van der Waals surface area contributed by atoms with Gasteiger partial charge < -0.3 is 24.6 Å². The lowest BCUT2D eigenvalue weighted by Gasteiger charge is -2.46. The number of nitrogens with zero attached hydrogens (tertiary/aromatic N) is 1. The predicted octanol–water partition coefficient (Wildman–Crippen LogP) is 11.7. The molecule has 0 saturated heterocycles. The zero-order valence-corrected chi connectivity index (χ0v) is 34.2. The summed E-state index contributed by atoms with van der Waals surface area (Å²) in [5.74, 6) is -1.39. The number of rotatable bonds is 8. The van der Waals surface area contributed by atoms with Crippen LogP contribution < -0.4 is 9.47 Å². The van der Waals surface area contributed by atoms with E-state index in [0.717, 1.165) is 40.6 Å². The van der Waals surface area contributed by atoms with Gasteiger partial charge >= 0.3 is 18.6 Å². The first-order valence-corrected chi connectivity index (χ1v) is 20.5. The lowest BCUT2D eigenvalue weighted by Crippen LogP contribution is -2.54. The van der Waals surface area contributed by atoms with Gasteiger partial charge in [0.1, 0.15) is 11.5 Å². The minimum atomic E-state index is -4.91. The number of alkyl halides is 6. The highest BCUT2D eigenvalue weighted by Gasteiger charge is 2.58. The number of allylic oxidation sites excluding steroid dienone is 2. The molecule has 0 heterocycles. The SMILES string of the molecule is CC1=CCCC2(C)C(CCC2(O)CN(Cc2ccc(OC(F)(F)F)cc2)C(=O)Oc2ccc3ccccc3c2)c2ccc(cc2C(=O)c2cccc(C(F)(F)F)c2)CC(O)CC1. The molecular weight excluding hydrogens is 813 g/mol. The van der Waals surface area contributed by atoms with Crippen LogP contribution in [0.4, 0.5) is 31.1 Å². The van der Waals surface area contributed by atoms with Gasteiger partial charge in [-0.3, -0.25) is 4.79 Å². The maximum Gasteiger partial charge on any atom is 0.573 e. The van der Waals surface area contributed by atoms with E-state index in [1.807, 2.05) is 44.2 Å². The molecule has 3 aliphatic carbocycles. The summed E-state index contributed by atoms with van der Waals surface area (Å²) in [6.07, 6.45) is -6.56. The second-order valence-corrected chi connectivity index (χ2v) is 16.8. The molecular formula is C49H47F6NO6. The van der Waals surface area contributed by atoms with Crippen LogP contribution in [0, 0.1) is 5.41 Å². The maximum absolute atomic E-state index is 14.4. The molecule has 2 N–H and O–H groups in total. The molecule has 0 spiro atoms. The van der Waals surface area contributed by atoms with Crippen LogP contribution >= 0.6 is 0 Å². The highest BCUT2D eigenvalue weighted by molar-refractivity contribution is 6.10. The quantitative estimate of drug-likeness (QED) is 0.0916. The lowest BCUT2D eigenvalue weighted by molar-refractivity contribution is -0.274. The van der Waals surface area contributed by atoms with Gasteiger partial charge in [0.05, 0.1) is 23.8 Å². The van der Waals surface area contributed by atoms with Crippen LogP contribution in [-0.2, 0) is 19.1 Å². The first-order valence-electron chi connectivity index (χ1n) is 20.5. The zero-order valence-electron chi connectivity index (χ0n) is 34.2. The third kappa shape index (κ3) is 10.0. The molecule has 4 unspecified atom stereocenters. The number of halogens is 6. The van der Waals surface area contributed by atoms with Crippen molar-refractivity contribution in [3.05, 3.63) is 154 Å². The van der Waals surface area contributed by atoms with E-state index < -0.39 is 58.8 Å². The van der Waals surface area contributed by atoms with Gasteiger partial charge in [-0.1, -0.05) is 85.3 Å². The average molecular weight is 860 g/mol. The van der Waals surface area contributed by atoms with Crippen molar-refractivity contribution < 1.29 is 55.6 Å². The van der Waals surface area contributed by atoms with Crippen molar-refractivity contribution in [3.8, 4) is 11.5 Å². The van der Waals surface area contributed by atoms with Crippen LogP contribution in [0.25, 0.3) is 10.8 Å². The summed E-state index contributed by atoms with van der Waals surface area (Å²) < 4.78 is 90.5. The number of hydrogen-bond acceptors (Lipinski definition) is 6. The first kappa shape index (κ1) is 44.4. The Bertz CT molecular complexity index is 2460. The standard InChI is InChI=1S/C49H47F6NO6/c1-31-7-6-23-46(2)43(41-21-15-33(25-38(57)17-12-31)26-42(41)44(58)36-10-5-11-37(27-36)48(50,51)52)22-24-47(46,60)30-56(29-32-13-18-39(19-14-32)62-49(53,54)55)45(59)61-40-20-16-34-8-3-4-9-35(34)28-40/h3-5,7-11,13-16,18-21,26-28,38,43,57,60H,6,12,17,22-25,29-30H2,1-2H3. The third-order valence-corrected chi connectivity index (χ3v) is 12.5. The molecule has 1 amide bonds. The minimum Gasteiger partial charge on any atom is -0.410 e. The van der Waals surface area contributed by atoms with E-state index in [-0.39, 0.29) is 42.8 Å². The Kier molecular flexibility index (Phi) is 12.6. The number of carbonyl (C=O) groups is 2. The lowest BCUT2D eigenvalue weighted by atomic mass is 9.64. The molecule has 4 atom stereocenters. The Balaban J connectivity index is 1.29. The fraction of sp³-hybridized carbons (Fsp3) is 0.347. The molecule has 13 heteroatoms. The van der Waals surface area contributed by atoms with Gasteiger partial charge in [0.25, 0.3) is 0 Å². The molecule has 8 rings (SSSR count). The monoisotopic (exact) mass is 859 g/mol. The topological polar surface area (TPSA) is 96.3 Å². The van der Waals surface area contributed by atoms with E-state index >= 15 is 0 Å². The number of ketones is 1. The number of amides is 1. The second kappa shape index (κ2) is 17.6. The van der Waals surface area contributed by atoms with Crippen LogP contribution in [0.2, 0.25) is 0 Å². The number of aliphatic hydroxyl groups excluding tert-OH is 1. The summed E-state index contributed by atoms with van der Waals surface area (Å²) in [7, 11) is 0. The molecule has 1 fully saturated rings. The first-order chi connectivity index (χ1) is 29.3. The molecule has 0 aromatic heterocycles. The summed E-state index contributed by atoms with van der Waals surface area (Å²) in [6, 6.07) is 27.1. The molecule has 7 nitrogen and oxygen atoms in total. The Labute approximate surface area is 355 Å². The van der Waals surface area contributed by atoms with Crippen molar-refractivity contribution in [3.63, 3.8) is 0 Å². The van der Waals surface area contributed by atoms with Gasteiger partial charge in [-0.15, -0.1) is 13.2 Å². The third-order valence-electron chi connectivity index (χ3n) is 12.5. The molecule has 1 saturated carbocycles. The maximum atomic E-state index is 14.4. The van der Waals surface area contributed by atoms with Gasteiger partial charge in [-0.25, -0.2) is 4.79 Å². The minimum absolute atomic E-state index is 0.145. The summed E-state index contributed by atoms with van der Waals surface area (Å²) in [6.45, 7) is 3.41. The normalized spacial score (nSPS) is 22.1. The van der Waals surface area contributed by atoms with E-state index in [1.54, 1.807) is 36.4 Å². The van der Waals surface area contributed by atoms with E-state index in [4.69, 9.17) is 4.74 Å². The molecule has 3 aliphatic rings. The summed E-state index contributed by atoms with van der Waals surface area (Å²) in [5.41, 5.74) is -1.08. The van der Waals surface area contributed by atoms with E-state index in [1.165, 1.54) is 29.2 Å². The fourth-order valence-corrected chi connectivity index (χ4v) is 9.10. The Morgan fingerprint density at radius 3 is 2.27 bits per heavy atom. The molecule has 62 heavy (non-hydrogen) atoms. The van der Waals surface area contributed by atoms with E-state index in [2.05, 4.69) is 4.74 Å². The van der Waals surface area contributed by atoms with Crippen LogP contribution in [0.15, 0.2) is 121 Å². The Morgan fingerprint density at radius 1 is 0.823 bits per heavy atom. The van der Waals surface area contributed by atoms with Gasteiger partial charge in [-0.2, -0.15) is 13.2 Å². The molecule has 5 aromatic rings. The van der Waals surface area contributed by atoms with Crippen molar-refractivity contribution >= 4 is 22.6 Å². The number of carbonyl (C=O) groups excluding carboxylic acids is 2. The van der Waals surface area contributed by atoms with Gasteiger partial charge in [-0.05, 0) is 128 Å². The van der Waals surface area contributed by atoms with Crippen molar-refractivity contribution in [2.75, 3.05) is 6.54 Å². The molecule has 0 aliphatic heterocycles. The highest BCUT2D eigenvalue weighted by atomic mass is 19.4. The largest absolute Gasteiger partial charge is 0.573 e. The van der Waals surface area contributed by atoms with Crippen molar-refractivity contribution in [2.45, 2.75) is 95.5 Å². The molecule has 0 radical (unpaired) electrons. The van der Waals surface area contributed by atoms with Crippen LogP contribution in [-0.4, -0.2) is 51.6 Å². The van der Waals surface area contributed by atoms with Crippen LogP contribution in [0.3, 0.4) is 0 Å². The second-order valence-electron chi connectivity index (χ2n) is 16.8. The Morgan fingerprint density at radius 2 is 1.55 bits per heavy atom. The van der Waals surface area contributed by atoms with Crippen molar-refractivity contribution in [1.82, 2.24) is 4.90 Å². The number of fused-ring (bicyclic) bond motifs is 9. The van der Waals surface area contributed by atoms with Crippen LogP contribution in [0.1, 0.15) is 96.5 Å². The number of benzene rings is 5. The van der Waals surface area contributed by atoms with Crippen molar-refractivity contribution in [1.29, 1.82) is 0 Å². The number of ether oxygens (including phenoxy) is 2. The molecule has 326 valence electrons. The smallest absolute Gasteiger partial charge is 0.410 e. The van der Waals surface area contributed by atoms with Gasteiger partial charge in [0.15, 0.2) is 5.78 Å². The Hall–Kier alpha value is -5.66. The zero-order chi connectivity index (χ0) is 44.5. The molecule has 2 bridgehead atoms. The highest BCUT2D eigenvalue weighted by Crippen LogP contribution is 2.59. The van der Waals surface area contributed by atoms with E-state index in [9.17, 15) is 46.1 Å². The molecule has 5 aromatic carbocycles. The van der Waals surface area contributed by atoms with Crippen LogP contribution in [0.5, 0.6) is 11.5 Å². The predicted molar refractivity (Wildman–Crippen MR) is 222 cm³/mol. The van der Waals surface area contributed by atoms with Gasteiger partial charge in [0.2, 0.25) is 0 Å². The van der Waals surface area contributed by atoms with Gasteiger partial charge in [0, 0.05) is 23.1 Å². The van der Waals surface area contributed by atoms with E-state index in [0.29, 0.717) is 48.8 Å². The fourth-order valence-electron chi connectivity index (χ4n) is 9.10. The number of hydrogen-bond donors (Lipinski definition) is 2.